The second-order valence-electron chi connectivity index (χ2n) is 3.43. The van der Waals surface area contributed by atoms with Crippen LogP contribution < -0.4 is 16.6 Å². The van der Waals surface area contributed by atoms with Crippen molar-refractivity contribution in [3.05, 3.63) is 32.6 Å². The van der Waals surface area contributed by atoms with Gasteiger partial charge in [-0.25, -0.2) is 10.8 Å². The van der Waals surface area contributed by atoms with Crippen molar-refractivity contribution in [3.63, 3.8) is 0 Å². The number of rotatable bonds is 4. The monoisotopic (exact) mass is 313 g/mol. The van der Waals surface area contributed by atoms with Crippen molar-refractivity contribution < 1.29 is 0 Å². The molecule has 0 atom stereocenters. The molecule has 0 saturated heterocycles. The largest absolute Gasteiger partial charge is 0.365 e. The average Bonchev–Trinajstić information content (AvgIpc) is 2.74. The number of anilines is 2. The zero-order valence-corrected chi connectivity index (χ0v) is 11.6. The van der Waals surface area contributed by atoms with Crippen LogP contribution in [0.1, 0.15) is 10.4 Å². The van der Waals surface area contributed by atoms with Gasteiger partial charge in [-0.3, -0.25) is 5.43 Å². The summed E-state index contributed by atoms with van der Waals surface area (Å²) < 4.78 is 1.12. The van der Waals surface area contributed by atoms with Gasteiger partial charge >= 0.3 is 0 Å². The number of nitrogens with one attached hydrogen (secondary N) is 2. The highest BCUT2D eigenvalue weighted by Gasteiger charge is 2.03. The van der Waals surface area contributed by atoms with Gasteiger partial charge < -0.3 is 5.32 Å². The molecule has 0 aliphatic rings. The Bertz CT molecular complexity index is 513. The molecule has 0 fully saturated rings. The highest BCUT2D eigenvalue weighted by Crippen LogP contribution is 2.23. The summed E-state index contributed by atoms with van der Waals surface area (Å²) in [5, 5.41) is 3.26. The van der Waals surface area contributed by atoms with Crippen molar-refractivity contribution in [2.24, 2.45) is 5.84 Å². The molecule has 0 bridgehead atoms. The van der Waals surface area contributed by atoms with Crippen LogP contribution in [0.2, 0.25) is 0 Å². The zero-order chi connectivity index (χ0) is 12.3. The quantitative estimate of drug-likeness (QED) is 0.597. The van der Waals surface area contributed by atoms with Crippen LogP contribution in [0.15, 0.2) is 22.1 Å². The van der Waals surface area contributed by atoms with Gasteiger partial charge in [-0.15, -0.1) is 11.3 Å². The Kier molecular flexibility index (Phi) is 3.93. The fourth-order valence-electron chi connectivity index (χ4n) is 1.31. The number of aryl methyl sites for hydroxylation is 1. The lowest BCUT2D eigenvalue weighted by Gasteiger charge is -2.08. The van der Waals surface area contributed by atoms with Crippen molar-refractivity contribution in [1.29, 1.82) is 0 Å². The normalized spacial score (nSPS) is 10.3. The standard InChI is InChI=1S/C10H12BrN5S/c1-6-4-14-10(16-12)15-9(6)13-5-7-2-3-8(11)17-7/h2-4H,5,12H2,1H3,(H2,13,14,15,16). The van der Waals surface area contributed by atoms with E-state index >= 15 is 0 Å². The molecule has 0 aliphatic carbocycles. The predicted octanol–water partition coefficient (Wildman–Crippen LogP) is 2.51. The smallest absolute Gasteiger partial charge is 0.239 e. The van der Waals surface area contributed by atoms with E-state index in [1.165, 1.54) is 4.88 Å². The Balaban J connectivity index is 2.07. The van der Waals surface area contributed by atoms with E-state index in [-0.39, 0.29) is 0 Å². The van der Waals surface area contributed by atoms with Crippen molar-refractivity contribution in [2.45, 2.75) is 13.5 Å². The summed E-state index contributed by atoms with van der Waals surface area (Å²) in [6, 6.07) is 4.10. The highest BCUT2D eigenvalue weighted by atomic mass is 79.9. The maximum Gasteiger partial charge on any atom is 0.239 e. The van der Waals surface area contributed by atoms with Crippen LogP contribution in [0, 0.1) is 6.92 Å². The Morgan fingerprint density at radius 2 is 2.29 bits per heavy atom. The number of halogens is 1. The van der Waals surface area contributed by atoms with Gasteiger partial charge in [0, 0.05) is 16.6 Å². The summed E-state index contributed by atoms with van der Waals surface area (Å²) in [5.41, 5.74) is 3.42. The zero-order valence-electron chi connectivity index (χ0n) is 9.20. The maximum atomic E-state index is 5.27. The van der Waals surface area contributed by atoms with Crippen LogP contribution in [0.25, 0.3) is 0 Å². The van der Waals surface area contributed by atoms with E-state index in [2.05, 4.69) is 42.7 Å². The molecule has 5 nitrogen and oxygen atoms in total. The number of nitrogens with two attached hydrogens (primary N) is 1. The number of nitrogens with zero attached hydrogens (tertiary/aromatic N) is 2. The molecule has 0 aromatic carbocycles. The van der Waals surface area contributed by atoms with Gasteiger partial charge in [0.2, 0.25) is 5.95 Å². The number of hydrogen-bond acceptors (Lipinski definition) is 6. The third kappa shape index (κ3) is 3.15. The summed E-state index contributed by atoms with van der Waals surface area (Å²) in [6.07, 6.45) is 1.73. The van der Waals surface area contributed by atoms with Crippen LogP contribution in [0.3, 0.4) is 0 Å². The first-order valence-electron chi connectivity index (χ1n) is 4.97. The molecule has 2 rings (SSSR count). The summed E-state index contributed by atoms with van der Waals surface area (Å²) in [5.74, 6) is 6.47. The van der Waals surface area contributed by atoms with Crippen molar-refractivity contribution in [3.8, 4) is 0 Å². The molecule has 0 radical (unpaired) electrons. The van der Waals surface area contributed by atoms with Crippen molar-refractivity contribution >= 4 is 39.0 Å². The Hall–Kier alpha value is -1.18. The second kappa shape index (κ2) is 5.44. The van der Waals surface area contributed by atoms with Gasteiger partial charge in [0.25, 0.3) is 0 Å². The first kappa shape index (κ1) is 12.3. The summed E-state index contributed by atoms with van der Waals surface area (Å²) in [6.45, 7) is 2.69. The van der Waals surface area contributed by atoms with Gasteiger partial charge in [-0.05, 0) is 35.0 Å². The fourth-order valence-corrected chi connectivity index (χ4v) is 2.73. The van der Waals surface area contributed by atoms with Crippen LogP contribution in [0.5, 0.6) is 0 Å². The number of thiophene rings is 1. The molecule has 0 aliphatic heterocycles. The molecule has 0 unspecified atom stereocenters. The molecule has 0 spiro atoms. The predicted molar refractivity (Wildman–Crippen MR) is 73.9 cm³/mol. The van der Waals surface area contributed by atoms with Gasteiger partial charge in [0.1, 0.15) is 5.82 Å². The van der Waals surface area contributed by atoms with Gasteiger partial charge in [0.05, 0.1) is 10.3 Å². The number of nitrogen functional groups attached to an aromatic ring is 1. The molecule has 0 amide bonds. The Labute approximate surface area is 112 Å². The molecule has 2 heterocycles. The third-order valence-corrected chi connectivity index (χ3v) is 3.78. The Morgan fingerprint density at radius 1 is 1.47 bits per heavy atom. The highest BCUT2D eigenvalue weighted by molar-refractivity contribution is 9.11. The SMILES string of the molecule is Cc1cnc(NN)nc1NCc1ccc(Br)s1. The molecule has 4 N–H and O–H groups in total. The molecule has 2 aromatic rings. The van der Waals surface area contributed by atoms with Crippen LogP contribution >= 0.6 is 27.3 Å². The first-order valence-corrected chi connectivity index (χ1v) is 6.58. The summed E-state index contributed by atoms with van der Waals surface area (Å²) in [7, 11) is 0. The minimum absolute atomic E-state index is 0.408. The van der Waals surface area contributed by atoms with Crippen molar-refractivity contribution in [2.75, 3.05) is 10.7 Å². The van der Waals surface area contributed by atoms with E-state index in [1.807, 2.05) is 13.0 Å². The molecule has 90 valence electrons. The minimum Gasteiger partial charge on any atom is -0.365 e. The Morgan fingerprint density at radius 3 is 2.94 bits per heavy atom. The number of aromatic nitrogens is 2. The third-order valence-electron chi connectivity index (χ3n) is 2.16. The van der Waals surface area contributed by atoms with E-state index in [4.69, 9.17) is 5.84 Å². The lowest BCUT2D eigenvalue weighted by atomic mass is 10.3. The number of hydrogen-bond donors (Lipinski definition) is 3. The maximum absolute atomic E-state index is 5.27. The van der Waals surface area contributed by atoms with E-state index in [1.54, 1.807) is 17.5 Å². The molecular weight excluding hydrogens is 302 g/mol. The van der Waals surface area contributed by atoms with Gasteiger partial charge in [-0.2, -0.15) is 4.98 Å². The topological polar surface area (TPSA) is 75.9 Å². The van der Waals surface area contributed by atoms with Crippen LogP contribution in [0.4, 0.5) is 11.8 Å². The lowest BCUT2D eigenvalue weighted by Crippen LogP contribution is -2.12. The molecule has 7 heteroatoms. The van der Waals surface area contributed by atoms with E-state index in [9.17, 15) is 0 Å². The number of hydrazine groups is 1. The summed E-state index contributed by atoms with van der Waals surface area (Å²) in [4.78, 5) is 9.51. The summed E-state index contributed by atoms with van der Waals surface area (Å²) >= 11 is 5.13. The molecular formula is C10H12BrN5S. The average molecular weight is 314 g/mol. The van der Waals surface area contributed by atoms with Crippen molar-refractivity contribution in [1.82, 2.24) is 9.97 Å². The van der Waals surface area contributed by atoms with E-state index < -0.39 is 0 Å². The molecule has 2 aromatic heterocycles. The first-order chi connectivity index (χ1) is 8.19. The lowest BCUT2D eigenvalue weighted by molar-refractivity contribution is 1.06. The molecule has 0 saturated carbocycles. The van der Waals surface area contributed by atoms with Gasteiger partial charge in [0.15, 0.2) is 0 Å². The fraction of sp³-hybridized carbons (Fsp3) is 0.200. The van der Waals surface area contributed by atoms with E-state index in [0.29, 0.717) is 5.95 Å². The van der Waals surface area contributed by atoms with E-state index in [0.717, 1.165) is 21.7 Å². The second-order valence-corrected chi connectivity index (χ2v) is 5.98. The minimum atomic E-state index is 0.408. The van der Waals surface area contributed by atoms with Crippen LogP contribution in [-0.2, 0) is 6.54 Å². The molecule has 17 heavy (non-hydrogen) atoms. The van der Waals surface area contributed by atoms with Gasteiger partial charge in [-0.1, -0.05) is 0 Å². The van der Waals surface area contributed by atoms with Crippen LogP contribution in [-0.4, -0.2) is 9.97 Å².